The summed E-state index contributed by atoms with van der Waals surface area (Å²) in [6, 6.07) is -0.226. The first-order chi connectivity index (χ1) is 10.1. The number of H-pyrrole nitrogens is 1. The van der Waals surface area contributed by atoms with Gasteiger partial charge in [0.25, 0.3) is 5.56 Å². The number of aryl methyl sites for hydroxylation is 3. The van der Waals surface area contributed by atoms with Crippen molar-refractivity contribution in [3.63, 3.8) is 0 Å². The third-order valence-corrected chi connectivity index (χ3v) is 5.26. The van der Waals surface area contributed by atoms with Gasteiger partial charge in [-0.3, -0.25) is 14.5 Å². The van der Waals surface area contributed by atoms with Crippen molar-refractivity contribution in [3.8, 4) is 0 Å². The first-order valence-electron chi connectivity index (χ1n) is 7.05. The van der Waals surface area contributed by atoms with Gasteiger partial charge in [0.2, 0.25) is 0 Å². The Kier molecular flexibility index (Phi) is 2.72. The average Bonchev–Trinajstić information content (AvgIpc) is 3.13. The first kappa shape index (κ1) is 12.7. The van der Waals surface area contributed by atoms with Gasteiger partial charge in [0, 0.05) is 4.88 Å². The van der Waals surface area contributed by atoms with Crippen molar-refractivity contribution in [1.29, 1.82) is 0 Å². The Labute approximate surface area is 124 Å². The number of thiophene rings is 1. The van der Waals surface area contributed by atoms with E-state index < -0.39 is 0 Å². The van der Waals surface area contributed by atoms with E-state index in [1.54, 1.807) is 22.2 Å². The van der Waals surface area contributed by atoms with E-state index in [2.05, 4.69) is 20.2 Å². The third kappa shape index (κ3) is 1.84. The number of hydrogen-bond donors (Lipinski definition) is 1. The van der Waals surface area contributed by atoms with Gasteiger partial charge in [0.15, 0.2) is 5.82 Å². The van der Waals surface area contributed by atoms with Gasteiger partial charge in [-0.1, -0.05) is 0 Å². The number of fused-ring (bicyclic) bond motifs is 3. The first-order valence-corrected chi connectivity index (χ1v) is 7.87. The van der Waals surface area contributed by atoms with E-state index in [9.17, 15) is 4.79 Å². The number of nitrogens with zero attached hydrogens (tertiary/aromatic N) is 4. The van der Waals surface area contributed by atoms with E-state index in [0.29, 0.717) is 5.82 Å². The van der Waals surface area contributed by atoms with Crippen molar-refractivity contribution in [3.05, 3.63) is 38.8 Å². The standard InChI is InChI=1S/C14H15N5OS/c1-7(12-16-8(2)17-18-12)19-6-15-13-11(14(19)20)9-4-3-5-10(9)21-13/h6-7H,3-5H2,1-2H3,(H,16,17,18)/t7-/m0/s1. The van der Waals surface area contributed by atoms with Crippen molar-refractivity contribution in [2.24, 2.45) is 0 Å². The van der Waals surface area contributed by atoms with Gasteiger partial charge in [0.1, 0.15) is 10.7 Å². The Hall–Kier alpha value is -2.02. The van der Waals surface area contributed by atoms with Gasteiger partial charge in [0.05, 0.1) is 17.8 Å². The maximum absolute atomic E-state index is 12.8. The molecule has 21 heavy (non-hydrogen) atoms. The van der Waals surface area contributed by atoms with Crippen LogP contribution in [-0.2, 0) is 12.8 Å². The summed E-state index contributed by atoms with van der Waals surface area (Å²) in [5, 5.41) is 7.77. The Morgan fingerprint density at radius 2 is 2.29 bits per heavy atom. The molecule has 1 aliphatic rings. The molecule has 7 heteroatoms. The minimum Gasteiger partial charge on any atom is -0.288 e. The van der Waals surface area contributed by atoms with E-state index in [1.807, 2.05) is 13.8 Å². The molecule has 3 heterocycles. The van der Waals surface area contributed by atoms with Crippen LogP contribution < -0.4 is 5.56 Å². The quantitative estimate of drug-likeness (QED) is 0.785. The van der Waals surface area contributed by atoms with Crippen LogP contribution in [0.2, 0.25) is 0 Å². The van der Waals surface area contributed by atoms with E-state index in [-0.39, 0.29) is 11.6 Å². The highest BCUT2D eigenvalue weighted by atomic mass is 32.1. The normalized spacial score (nSPS) is 15.5. The van der Waals surface area contributed by atoms with Crippen LogP contribution in [0.3, 0.4) is 0 Å². The molecule has 3 aromatic heterocycles. The molecule has 108 valence electrons. The number of hydrogen-bond acceptors (Lipinski definition) is 5. The van der Waals surface area contributed by atoms with Gasteiger partial charge in [-0.15, -0.1) is 11.3 Å². The van der Waals surface area contributed by atoms with E-state index >= 15 is 0 Å². The zero-order valence-corrected chi connectivity index (χ0v) is 12.7. The lowest BCUT2D eigenvalue weighted by Gasteiger charge is -2.11. The highest BCUT2D eigenvalue weighted by molar-refractivity contribution is 7.18. The molecule has 1 N–H and O–H groups in total. The Bertz CT molecular complexity index is 891. The van der Waals surface area contributed by atoms with Gasteiger partial charge >= 0.3 is 0 Å². The Morgan fingerprint density at radius 1 is 1.43 bits per heavy atom. The Morgan fingerprint density at radius 3 is 3.05 bits per heavy atom. The van der Waals surface area contributed by atoms with Crippen LogP contribution in [0, 0.1) is 6.92 Å². The summed E-state index contributed by atoms with van der Waals surface area (Å²) >= 11 is 1.66. The summed E-state index contributed by atoms with van der Waals surface area (Å²) in [4.78, 5) is 23.8. The van der Waals surface area contributed by atoms with Crippen LogP contribution in [0.4, 0.5) is 0 Å². The zero-order valence-electron chi connectivity index (χ0n) is 11.9. The summed E-state index contributed by atoms with van der Waals surface area (Å²) in [6.07, 6.45) is 4.82. The molecule has 6 nitrogen and oxygen atoms in total. The molecule has 0 unspecified atom stereocenters. The minimum absolute atomic E-state index is 0.0225. The molecular weight excluding hydrogens is 286 g/mol. The monoisotopic (exact) mass is 301 g/mol. The molecule has 0 amide bonds. The molecular formula is C14H15N5OS. The van der Waals surface area contributed by atoms with Crippen molar-refractivity contribution in [1.82, 2.24) is 24.7 Å². The molecule has 1 atom stereocenters. The summed E-state index contributed by atoms with van der Waals surface area (Å²) in [5.74, 6) is 1.36. The smallest absolute Gasteiger partial charge is 0.263 e. The molecule has 0 aliphatic heterocycles. The summed E-state index contributed by atoms with van der Waals surface area (Å²) < 4.78 is 1.64. The van der Waals surface area contributed by atoms with Gasteiger partial charge in [-0.2, -0.15) is 5.10 Å². The number of nitrogens with one attached hydrogen (secondary N) is 1. The lowest BCUT2D eigenvalue weighted by Crippen LogP contribution is -2.25. The number of aromatic amines is 1. The molecule has 1 aliphatic carbocycles. The number of aromatic nitrogens is 5. The molecule has 0 bridgehead atoms. The molecule has 0 fully saturated rings. The van der Waals surface area contributed by atoms with Gasteiger partial charge in [-0.25, -0.2) is 9.97 Å². The molecule has 0 saturated heterocycles. The van der Waals surface area contributed by atoms with Crippen LogP contribution in [0.1, 0.15) is 41.5 Å². The second-order valence-electron chi connectivity index (χ2n) is 5.45. The molecule has 0 saturated carbocycles. The molecule has 0 radical (unpaired) electrons. The molecule has 4 rings (SSSR count). The lowest BCUT2D eigenvalue weighted by atomic mass is 10.2. The summed E-state index contributed by atoms with van der Waals surface area (Å²) in [6.45, 7) is 3.77. The highest BCUT2D eigenvalue weighted by Gasteiger charge is 2.23. The fourth-order valence-corrected chi connectivity index (χ4v) is 4.16. The zero-order chi connectivity index (χ0) is 14.6. The minimum atomic E-state index is -0.226. The van der Waals surface area contributed by atoms with Crippen LogP contribution in [0.25, 0.3) is 10.2 Å². The molecule has 0 aromatic carbocycles. The van der Waals surface area contributed by atoms with Crippen LogP contribution >= 0.6 is 11.3 Å². The van der Waals surface area contributed by atoms with Crippen LogP contribution in [0.5, 0.6) is 0 Å². The Balaban J connectivity index is 1.90. The van der Waals surface area contributed by atoms with Crippen molar-refractivity contribution in [2.45, 2.75) is 39.2 Å². The van der Waals surface area contributed by atoms with E-state index in [4.69, 9.17) is 0 Å². The molecule has 3 aromatic rings. The highest BCUT2D eigenvalue weighted by Crippen LogP contribution is 2.34. The maximum atomic E-state index is 12.8. The maximum Gasteiger partial charge on any atom is 0.263 e. The summed E-state index contributed by atoms with van der Waals surface area (Å²) in [7, 11) is 0. The van der Waals surface area contributed by atoms with E-state index in [0.717, 1.165) is 35.3 Å². The van der Waals surface area contributed by atoms with Crippen LogP contribution in [-0.4, -0.2) is 24.7 Å². The second-order valence-corrected chi connectivity index (χ2v) is 6.53. The van der Waals surface area contributed by atoms with Crippen molar-refractivity contribution >= 4 is 21.6 Å². The topological polar surface area (TPSA) is 76.5 Å². The van der Waals surface area contributed by atoms with Crippen molar-refractivity contribution in [2.75, 3.05) is 0 Å². The lowest BCUT2D eigenvalue weighted by molar-refractivity contribution is 0.577. The predicted molar refractivity (Wildman–Crippen MR) is 80.8 cm³/mol. The van der Waals surface area contributed by atoms with Crippen LogP contribution in [0.15, 0.2) is 11.1 Å². The number of rotatable bonds is 2. The third-order valence-electron chi connectivity index (χ3n) is 4.06. The SMILES string of the molecule is Cc1nc([C@H](C)n2cnc3sc4c(c3c2=O)CCC4)n[nH]1. The summed E-state index contributed by atoms with van der Waals surface area (Å²) in [5.41, 5.74) is 1.23. The average molecular weight is 301 g/mol. The molecule has 0 spiro atoms. The second kappa shape index (κ2) is 4.49. The fourth-order valence-electron chi connectivity index (χ4n) is 2.94. The fraction of sp³-hybridized carbons (Fsp3) is 0.429. The van der Waals surface area contributed by atoms with Crippen molar-refractivity contribution < 1.29 is 0 Å². The largest absolute Gasteiger partial charge is 0.288 e. The van der Waals surface area contributed by atoms with Gasteiger partial charge < -0.3 is 0 Å². The van der Waals surface area contributed by atoms with E-state index in [1.165, 1.54) is 10.4 Å². The van der Waals surface area contributed by atoms with Gasteiger partial charge in [-0.05, 0) is 38.7 Å². The predicted octanol–water partition coefficient (Wildman–Crippen LogP) is 1.98.